The fraction of sp³-hybridized carbons (Fsp3) is 0.500. The lowest BCUT2D eigenvalue weighted by Crippen LogP contribution is -2.17. The van der Waals surface area contributed by atoms with Gasteiger partial charge in [-0.15, -0.1) is 5.10 Å². The molecular formula is C22H27N7O2. The molecule has 1 aliphatic carbocycles. The van der Waals surface area contributed by atoms with E-state index in [2.05, 4.69) is 15.0 Å². The van der Waals surface area contributed by atoms with Gasteiger partial charge in [-0.3, -0.25) is 4.79 Å². The molecule has 2 heterocycles. The molecule has 9 nitrogen and oxygen atoms in total. The maximum absolute atomic E-state index is 13.0. The molecule has 1 N–H and O–H groups in total. The number of benzene rings is 1. The van der Waals surface area contributed by atoms with E-state index in [0.717, 1.165) is 24.2 Å². The maximum Gasteiger partial charge on any atom is 0.277 e. The number of ether oxygens (including phenoxy) is 1. The number of rotatable bonds is 6. The molecule has 0 bridgehead atoms. The summed E-state index contributed by atoms with van der Waals surface area (Å²) in [4.78, 5) is 23.5. The SMILES string of the molecule is CCOc1ccc(CN=[N+]=[N-])cc1-c1nn2c(C3CCCCCC3)nc(C)c2c(=O)[nH]1. The minimum Gasteiger partial charge on any atom is -0.493 e. The van der Waals surface area contributed by atoms with Crippen LogP contribution in [-0.4, -0.2) is 26.2 Å². The number of nitrogens with zero attached hydrogens (tertiary/aromatic N) is 6. The van der Waals surface area contributed by atoms with Gasteiger partial charge in [-0.1, -0.05) is 36.9 Å². The number of aromatic nitrogens is 4. The Morgan fingerprint density at radius 2 is 2.06 bits per heavy atom. The van der Waals surface area contributed by atoms with Crippen LogP contribution in [-0.2, 0) is 6.54 Å². The number of nitrogens with one attached hydrogen (secondary N) is 1. The van der Waals surface area contributed by atoms with Gasteiger partial charge in [0.15, 0.2) is 11.3 Å². The summed E-state index contributed by atoms with van der Waals surface area (Å²) < 4.78 is 7.51. The van der Waals surface area contributed by atoms with Crippen LogP contribution in [0.15, 0.2) is 28.1 Å². The molecule has 162 valence electrons. The second-order valence-corrected chi connectivity index (χ2v) is 7.96. The van der Waals surface area contributed by atoms with Crippen LogP contribution in [0.1, 0.15) is 68.4 Å². The highest BCUT2D eigenvalue weighted by atomic mass is 16.5. The number of aryl methyl sites for hydroxylation is 1. The van der Waals surface area contributed by atoms with Gasteiger partial charge in [0.1, 0.15) is 11.6 Å². The van der Waals surface area contributed by atoms with Crippen molar-refractivity contribution in [1.82, 2.24) is 19.6 Å². The van der Waals surface area contributed by atoms with Crippen molar-refractivity contribution < 1.29 is 4.74 Å². The van der Waals surface area contributed by atoms with Gasteiger partial charge in [-0.05, 0) is 49.9 Å². The van der Waals surface area contributed by atoms with E-state index in [-0.39, 0.29) is 12.1 Å². The average Bonchev–Trinajstić information content (AvgIpc) is 2.93. The summed E-state index contributed by atoms with van der Waals surface area (Å²) in [5, 5.41) is 8.45. The van der Waals surface area contributed by atoms with E-state index in [9.17, 15) is 4.79 Å². The van der Waals surface area contributed by atoms with Crippen molar-refractivity contribution in [3.63, 3.8) is 0 Å². The quantitative estimate of drug-likeness (QED) is 0.259. The molecule has 1 fully saturated rings. The van der Waals surface area contributed by atoms with Crippen LogP contribution in [0, 0.1) is 6.92 Å². The van der Waals surface area contributed by atoms with Gasteiger partial charge in [0.05, 0.1) is 24.4 Å². The normalized spacial score (nSPS) is 14.9. The number of imidazole rings is 1. The van der Waals surface area contributed by atoms with Crippen molar-refractivity contribution in [1.29, 1.82) is 0 Å². The first-order chi connectivity index (χ1) is 15.1. The molecule has 0 radical (unpaired) electrons. The first-order valence-electron chi connectivity index (χ1n) is 10.9. The monoisotopic (exact) mass is 421 g/mol. The number of fused-ring (bicyclic) bond motifs is 1. The summed E-state index contributed by atoms with van der Waals surface area (Å²) in [7, 11) is 0. The topological polar surface area (TPSA) is 121 Å². The molecular weight excluding hydrogens is 394 g/mol. The second-order valence-electron chi connectivity index (χ2n) is 7.96. The molecule has 0 atom stereocenters. The van der Waals surface area contributed by atoms with E-state index in [1.165, 1.54) is 25.7 Å². The summed E-state index contributed by atoms with van der Waals surface area (Å²) in [5.41, 5.74) is 11.1. The Morgan fingerprint density at radius 3 is 2.77 bits per heavy atom. The predicted molar refractivity (Wildman–Crippen MR) is 118 cm³/mol. The van der Waals surface area contributed by atoms with Crippen LogP contribution in [0.5, 0.6) is 5.75 Å². The van der Waals surface area contributed by atoms with Crippen molar-refractivity contribution in [2.24, 2.45) is 5.11 Å². The first kappa shape index (κ1) is 20.9. The Bertz CT molecular complexity index is 1180. The lowest BCUT2D eigenvalue weighted by Gasteiger charge is -2.14. The third-order valence-corrected chi connectivity index (χ3v) is 5.84. The van der Waals surface area contributed by atoms with E-state index in [0.29, 0.717) is 40.9 Å². The minimum absolute atomic E-state index is 0.208. The molecule has 1 aromatic carbocycles. The van der Waals surface area contributed by atoms with Crippen LogP contribution in [0.2, 0.25) is 0 Å². The van der Waals surface area contributed by atoms with Crippen LogP contribution >= 0.6 is 0 Å². The fourth-order valence-electron chi connectivity index (χ4n) is 4.37. The van der Waals surface area contributed by atoms with Crippen molar-refractivity contribution in [2.45, 2.75) is 64.8 Å². The Hall–Kier alpha value is -3.32. The molecule has 3 aromatic rings. The summed E-state index contributed by atoms with van der Waals surface area (Å²) in [6.07, 6.45) is 6.96. The Labute approximate surface area is 180 Å². The Kier molecular flexibility index (Phi) is 6.23. The Morgan fingerprint density at radius 1 is 1.29 bits per heavy atom. The summed E-state index contributed by atoms with van der Waals surface area (Å²) >= 11 is 0. The van der Waals surface area contributed by atoms with Gasteiger partial charge in [0, 0.05) is 10.8 Å². The fourth-order valence-corrected chi connectivity index (χ4v) is 4.37. The number of hydrogen-bond acceptors (Lipinski definition) is 5. The van der Waals surface area contributed by atoms with Crippen molar-refractivity contribution >= 4 is 5.52 Å². The summed E-state index contributed by atoms with van der Waals surface area (Å²) in [6, 6.07) is 5.51. The zero-order valence-electron chi connectivity index (χ0n) is 18.0. The van der Waals surface area contributed by atoms with Gasteiger partial charge in [0.2, 0.25) is 0 Å². The van der Waals surface area contributed by atoms with Crippen molar-refractivity contribution in [2.75, 3.05) is 6.61 Å². The summed E-state index contributed by atoms with van der Waals surface area (Å²) in [6.45, 7) is 4.45. The molecule has 0 saturated heterocycles. The lowest BCUT2D eigenvalue weighted by molar-refractivity contribution is 0.341. The average molecular weight is 422 g/mol. The minimum atomic E-state index is -0.224. The molecule has 9 heteroatoms. The van der Waals surface area contributed by atoms with Crippen LogP contribution in [0.25, 0.3) is 27.3 Å². The van der Waals surface area contributed by atoms with E-state index < -0.39 is 0 Å². The standard InChI is InChI=1S/C22H27N7O2/c1-3-31-18-11-10-15(13-24-28-23)12-17(18)20-26-22(30)19-14(2)25-21(29(19)27-20)16-8-6-4-5-7-9-16/h10-12,16H,3-9,13H2,1-2H3,(H,26,27,30). The van der Waals surface area contributed by atoms with E-state index in [4.69, 9.17) is 20.4 Å². The molecule has 0 aliphatic heterocycles. The number of azide groups is 1. The van der Waals surface area contributed by atoms with E-state index >= 15 is 0 Å². The molecule has 1 aliphatic rings. The van der Waals surface area contributed by atoms with Crippen LogP contribution < -0.4 is 10.3 Å². The third kappa shape index (κ3) is 4.27. The molecule has 4 rings (SSSR count). The molecule has 0 amide bonds. The van der Waals surface area contributed by atoms with Gasteiger partial charge >= 0.3 is 0 Å². The molecule has 0 unspecified atom stereocenters. The van der Waals surface area contributed by atoms with E-state index in [1.54, 1.807) is 4.52 Å². The zero-order valence-corrected chi connectivity index (χ0v) is 18.0. The maximum atomic E-state index is 13.0. The third-order valence-electron chi connectivity index (χ3n) is 5.84. The number of H-pyrrole nitrogens is 1. The molecule has 2 aromatic heterocycles. The van der Waals surface area contributed by atoms with E-state index in [1.807, 2.05) is 32.0 Å². The lowest BCUT2D eigenvalue weighted by atomic mass is 10.00. The second kappa shape index (κ2) is 9.22. The van der Waals surface area contributed by atoms with Crippen LogP contribution in [0.4, 0.5) is 0 Å². The van der Waals surface area contributed by atoms with Crippen LogP contribution in [0.3, 0.4) is 0 Å². The highest BCUT2D eigenvalue weighted by molar-refractivity contribution is 5.66. The number of aromatic amines is 1. The van der Waals surface area contributed by atoms with Crippen molar-refractivity contribution in [3.05, 3.63) is 56.1 Å². The van der Waals surface area contributed by atoms with Gasteiger partial charge < -0.3 is 9.72 Å². The zero-order chi connectivity index (χ0) is 21.8. The first-order valence-corrected chi connectivity index (χ1v) is 10.9. The molecule has 0 spiro atoms. The van der Waals surface area contributed by atoms with Crippen molar-refractivity contribution in [3.8, 4) is 17.1 Å². The number of hydrogen-bond donors (Lipinski definition) is 1. The smallest absolute Gasteiger partial charge is 0.277 e. The van der Waals surface area contributed by atoms with Gasteiger partial charge in [0.25, 0.3) is 5.56 Å². The highest BCUT2D eigenvalue weighted by Crippen LogP contribution is 2.33. The molecule has 31 heavy (non-hydrogen) atoms. The highest BCUT2D eigenvalue weighted by Gasteiger charge is 2.23. The summed E-state index contributed by atoms with van der Waals surface area (Å²) in [5.74, 6) is 2.19. The predicted octanol–water partition coefficient (Wildman–Crippen LogP) is 5.04. The van der Waals surface area contributed by atoms with Gasteiger partial charge in [-0.25, -0.2) is 9.50 Å². The van der Waals surface area contributed by atoms with Gasteiger partial charge in [-0.2, -0.15) is 0 Å². The molecule has 1 saturated carbocycles. The largest absolute Gasteiger partial charge is 0.493 e. The Balaban J connectivity index is 1.87.